The molecule has 3 atom stereocenters. The minimum absolute atomic E-state index is 0.194. The molecule has 2 saturated heterocycles. The van der Waals surface area contributed by atoms with Crippen LogP contribution in [0, 0.1) is 11.3 Å². The summed E-state index contributed by atoms with van der Waals surface area (Å²) >= 11 is 0. The van der Waals surface area contributed by atoms with Crippen LogP contribution in [0.5, 0.6) is 0 Å². The van der Waals surface area contributed by atoms with Crippen molar-refractivity contribution in [1.29, 1.82) is 0 Å². The largest absolute Gasteiger partial charge is 0.377 e. The third-order valence-electron chi connectivity index (χ3n) is 5.67. The molecule has 1 aliphatic carbocycles. The quantitative estimate of drug-likeness (QED) is 0.850. The van der Waals surface area contributed by atoms with Crippen LogP contribution in [0.15, 0.2) is 0 Å². The van der Waals surface area contributed by atoms with Crippen molar-refractivity contribution in [1.82, 2.24) is 9.62 Å². The Morgan fingerprint density at radius 3 is 2.48 bits per heavy atom. The molecule has 3 aliphatic rings. The van der Waals surface area contributed by atoms with Gasteiger partial charge >= 0.3 is 0 Å². The highest BCUT2D eigenvalue weighted by Crippen LogP contribution is 2.51. The number of hydrogen-bond acceptors (Lipinski definition) is 4. The summed E-state index contributed by atoms with van der Waals surface area (Å²) < 4.78 is 30.7. The summed E-state index contributed by atoms with van der Waals surface area (Å²) in [6, 6.07) is 0.952. The van der Waals surface area contributed by atoms with E-state index in [0.717, 1.165) is 19.4 Å². The number of ether oxygens (including phenoxy) is 1. The first-order chi connectivity index (χ1) is 9.80. The lowest BCUT2D eigenvalue weighted by Gasteiger charge is -2.61. The van der Waals surface area contributed by atoms with Crippen molar-refractivity contribution in [3.63, 3.8) is 0 Å². The van der Waals surface area contributed by atoms with Crippen LogP contribution >= 0.6 is 0 Å². The molecule has 0 aromatic heterocycles. The average molecular weight is 316 g/mol. The van der Waals surface area contributed by atoms with Crippen molar-refractivity contribution in [2.24, 2.45) is 11.3 Å². The Bertz CT molecular complexity index is 483. The highest BCUT2D eigenvalue weighted by atomic mass is 32.2. The topological polar surface area (TPSA) is 58.6 Å². The first kappa shape index (κ1) is 15.7. The molecule has 1 saturated carbocycles. The van der Waals surface area contributed by atoms with Gasteiger partial charge in [-0.1, -0.05) is 13.8 Å². The maximum Gasteiger partial charge on any atom is 0.211 e. The van der Waals surface area contributed by atoms with Gasteiger partial charge in [-0.25, -0.2) is 12.7 Å². The summed E-state index contributed by atoms with van der Waals surface area (Å²) in [7, 11) is -3.03. The normalized spacial score (nSPS) is 37.8. The molecule has 0 aromatic carbocycles. The van der Waals surface area contributed by atoms with Gasteiger partial charge in [0.25, 0.3) is 0 Å². The van der Waals surface area contributed by atoms with Gasteiger partial charge in [-0.3, -0.25) is 0 Å². The van der Waals surface area contributed by atoms with Gasteiger partial charge in [0.2, 0.25) is 10.0 Å². The summed E-state index contributed by atoms with van der Waals surface area (Å²) in [5.74, 6) is 0.640. The molecule has 1 N–H and O–H groups in total. The number of nitrogens with zero attached hydrogens (tertiary/aromatic N) is 1. The van der Waals surface area contributed by atoms with Gasteiger partial charge in [-0.05, 0) is 25.7 Å². The van der Waals surface area contributed by atoms with Crippen molar-refractivity contribution in [2.75, 3.05) is 26.0 Å². The fourth-order valence-corrected chi connectivity index (χ4v) is 5.34. The van der Waals surface area contributed by atoms with Crippen LogP contribution in [0.2, 0.25) is 0 Å². The molecule has 5 nitrogen and oxygen atoms in total. The minimum atomic E-state index is -3.03. The molecule has 3 rings (SSSR count). The van der Waals surface area contributed by atoms with Gasteiger partial charge in [0, 0.05) is 43.1 Å². The highest BCUT2D eigenvalue weighted by molar-refractivity contribution is 7.88. The first-order valence-corrected chi connectivity index (χ1v) is 9.98. The van der Waals surface area contributed by atoms with Gasteiger partial charge in [-0.15, -0.1) is 0 Å². The number of rotatable bonds is 3. The molecular weight excluding hydrogens is 288 g/mol. The molecular formula is C15H28N2O3S. The zero-order valence-corrected chi connectivity index (χ0v) is 14.2. The second-order valence-corrected chi connectivity index (χ2v) is 9.48. The fraction of sp³-hybridized carbons (Fsp3) is 1.00. The molecule has 0 spiro atoms. The lowest BCUT2D eigenvalue weighted by molar-refractivity contribution is -0.195. The predicted molar refractivity (Wildman–Crippen MR) is 82.6 cm³/mol. The number of fused-ring (bicyclic) bond motifs is 1. The van der Waals surface area contributed by atoms with E-state index in [-0.39, 0.29) is 5.41 Å². The van der Waals surface area contributed by atoms with Crippen LogP contribution in [-0.4, -0.2) is 56.9 Å². The molecule has 0 amide bonds. The molecule has 3 unspecified atom stereocenters. The monoisotopic (exact) mass is 316 g/mol. The molecule has 122 valence electrons. The Labute approximate surface area is 128 Å². The molecule has 3 fully saturated rings. The van der Waals surface area contributed by atoms with Gasteiger partial charge < -0.3 is 10.1 Å². The number of nitrogens with one attached hydrogen (secondary N) is 1. The van der Waals surface area contributed by atoms with Crippen molar-refractivity contribution >= 4 is 10.0 Å². The smallest absolute Gasteiger partial charge is 0.211 e. The molecule has 2 heterocycles. The van der Waals surface area contributed by atoms with Crippen LogP contribution in [0.4, 0.5) is 0 Å². The lowest BCUT2D eigenvalue weighted by atomic mass is 9.55. The van der Waals surface area contributed by atoms with E-state index in [2.05, 4.69) is 19.2 Å². The van der Waals surface area contributed by atoms with E-state index < -0.39 is 10.0 Å². The van der Waals surface area contributed by atoms with E-state index in [1.807, 2.05) is 0 Å². The highest BCUT2D eigenvalue weighted by Gasteiger charge is 2.58. The second-order valence-electron chi connectivity index (χ2n) is 7.50. The van der Waals surface area contributed by atoms with Crippen molar-refractivity contribution in [3.8, 4) is 0 Å². The van der Waals surface area contributed by atoms with Crippen molar-refractivity contribution in [2.45, 2.75) is 57.7 Å². The molecule has 0 bridgehead atoms. The maximum atomic E-state index is 11.6. The first-order valence-electron chi connectivity index (χ1n) is 8.13. The Kier molecular flexibility index (Phi) is 4.10. The summed E-state index contributed by atoms with van der Waals surface area (Å²) in [6.07, 6.45) is 5.96. The molecule has 6 heteroatoms. The molecule has 21 heavy (non-hydrogen) atoms. The fourth-order valence-electron chi connectivity index (χ4n) is 4.47. The van der Waals surface area contributed by atoms with Gasteiger partial charge in [-0.2, -0.15) is 0 Å². The number of hydrogen-bond donors (Lipinski definition) is 1. The van der Waals surface area contributed by atoms with Crippen molar-refractivity contribution < 1.29 is 13.2 Å². The minimum Gasteiger partial charge on any atom is -0.377 e. The zero-order chi connectivity index (χ0) is 15.3. The summed E-state index contributed by atoms with van der Waals surface area (Å²) in [4.78, 5) is 0. The van der Waals surface area contributed by atoms with Gasteiger partial charge in [0.05, 0.1) is 12.4 Å². The van der Waals surface area contributed by atoms with Gasteiger partial charge in [0.15, 0.2) is 0 Å². The van der Waals surface area contributed by atoms with E-state index in [9.17, 15) is 8.42 Å². The summed E-state index contributed by atoms with van der Waals surface area (Å²) in [5.41, 5.74) is 0.194. The maximum absolute atomic E-state index is 11.6. The summed E-state index contributed by atoms with van der Waals surface area (Å²) in [6.45, 7) is 6.79. The third-order valence-corrected chi connectivity index (χ3v) is 6.97. The number of piperidine rings is 1. The van der Waals surface area contributed by atoms with Gasteiger partial charge in [0.1, 0.15) is 0 Å². The molecule has 0 radical (unpaired) electrons. The van der Waals surface area contributed by atoms with Crippen LogP contribution in [0.25, 0.3) is 0 Å². The van der Waals surface area contributed by atoms with E-state index >= 15 is 0 Å². The Hall–Kier alpha value is -0.170. The second kappa shape index (κ2) is 5.48. The van der Waals surface area contributed by atoms with Crippen LogP contribution in [0.1, 0.15) is 39.5 Å². The zero-order valence-electron chi connectivity index (χ0n) is 13.3. The van der Waals surface area contributed by atoms with E-state index in [1.54, 1.807) is 4.31 Å². The SMILES string of the molecule is CC1(C)C(NC2CCN(S(C)(=O)=O)CC2)C2CCCOC21. The third kappa shape index (κ3) is 2.87. The van der Waals surface area contributed by atoms with Crippen LogP contribution < -0.4 is 5.32 Å². The summed E-state index contributed by atoms with van der Waals surface area (Å²) in [5, 5.41) is 3.82. The number of sulfonamides is 1. The van der Waals surface area contributed by atoms with E-state index in [1.165, 1.54) is 19.1 Å². The van der Waals surface area contributed by atoms with Crippen LogP contribution in [0.3, 0.4) is 0 Å². The Morgan fingerprint density at radius 2 is 1.86 bits per heavy atom. The Morgan fingerprint density at radius 1 is 1.19 bits per heavy atom. The standard InChI is InChI=1S/C15H28N2O3S/c1-15(2)13(12-5-4-10-20-14(12)15)16-11-6-8-17(9-7-11)21(3,18)19/h11-14,16H,4-10H2,1-3H3. The predicted octanol–water partition coefficient (Wildman–Crippen LogP) is 1.20. The molecule has 2 aliphatic heterocycles. The van der Waals surface area contributed by atoms with Crippen molar-refractivity contribution in [3.05, 3.63) is 0 Å². The Balaban J connectivity index is 1.56. The molecule has 0 aromatic rings. The van der Waals surface area contributed by atoms with Crippen LogP contribution in [-0.2, 0) is 14.8 Å². The van der Waals surface area contributed by atoms with E-state index in [0.29, 0.717) is 37.2 Å². The lowest BCUT2D eigenvalue weighted by Crippen LogP contribution is -2.71. The van der Waals surface area contributed by atoms with E-state index in [4.69, 9.17) is 4.74 Å². The average Bonchev–Trinajstić information content (AvgIpc) is 2.44.